The van der Waals surface area contributed by atoms with Gasteiger partial charge in [0.1, 0.15) is 0 Å². The van der Waals surface area contributed by atoms with Gasteiger partial charge in [-0.2, -0.15) is 5.26 Å². The highest BCUT2D eigenvalue weighted by Gasteiger charge is 2.59. The van der Waals surface area contributed by atoms with E-state index in [1.165, 1.54) is 12.8 Å². The van der Waals surface area contributed by atoms with Gasteiger partial charge in [0.15, 0.2) is 0 Å². The van der Waals surface area contributed by atoms with Gasteiger partial charge in [-0.1, -0.05) is 6.92 Å². The largest absolute Gasteiger partial charge is 0.387 e. The predicted octanol–water partition coefficient (Wildman–Crippen LogP) is 2.30. The molecule has 0 aromatic carbocycles. The van der Waals surface area contributed by atoms with Gasteiger partial charge < -0.3 is 5.11 Å². The van der Waals surface area contributed by atoms with Crippen LogP contribution in [0.2, 0.25) is 0 Å². The summed E-state index contributed by atoms with van der Waals surface area (Å²) in [6.07, 6.45) is 6.18. The summed E-state index contributed by atoms with van der Waals surface area (Å²) in [7, 11) is 0. The number of hydrogen-bond donors (Lipinski definition) is 1. The summed E-state index contributed by atoms with van der Waals surface area (Å²) in [5, 5.41) is 20.8. The second-order valence-corrected chi connectivity index (χ2v) is 7.03. The molecular formula is C15H24N2O. The van der Waals surface area contributed by atoms with Gasteiger partial charge >= 0.3 is 0 Å². The maximum absolute atomic E-state index is 11.1. The molecular weight excluding hydrogens is 224 g/mol. The topological polar surface area (TPSA) is 47.3 Å². The van der Waals surface area contributed by atoms with E-state index in [0.717, 1.165) is 32.2 Å². The van der Waals surface area contributed by atoms with E-state index in [1.807, 2.05) is 0 Å². The molecule has 3 heteroatoms. The number of likely N-dealkylation sites (tertiary alicyclic amines) is 1. The Morgan fingerprint density at radius 2 is 1.94 bits per heavy atom. The quantitative estimate of drug-likeness (QED) is 0.815. The van der Waals surface area contributed by atoms with Gasteiger partial charge in [-0.25, -0.2) is 0 Å². The molecule has 2 saturated carbocycles. The fraction of sp³-hybridized carbons (Fsp3) is 0.933. The first kappa shape index (κ1) is 12.4. The second kappa shape index (κ2) is 3.95. The molecule has 1 saturated heterocycles. The van der Waals surface area contributed by atoms with Crippen LogP contribution in [0.3, 0.4) is 0 Å². The Hall–Kier alpha value is -0.590. The monoisotopic (exact) mass is 248 g/mol. The first-order valence-corrected chi connectivity index (χ1v) is 7.39. The molecule has 3 rings (SSSR count). The number of nitrogens with zero attached hydrogens (tertiary/aromatic N) is 2. The number of hydrogen-bond acceptors (Lipinski definition) is 3. The zero-order chi connectivity index (χ0) is 13.0. The maximum Gasteiger partial charge on any atom is 0.0974 e. The molecule has 3 aliphatic rings. The second-order valence-electron chi connectivity index (χ2n) is 7.03. The lowest BCUT2D eigenvalue weighted by molar-refractivity contribution is -0.0453. The Morgan fingerprint density at radius 3 is 2.44 bits per heavy atom. The molecule has 0 bridgehead atoms. The lowest BCUT2D eigenvalue weighted by Gasteiger charge is -2.37. The van der Waals surface area contributed by atoms with E-state index in [9.17, 15) is 10.4 Å². The highest BCUT2D eigenvalue weighted by atomic mass is 16.3. The minimum absolute atomic E-state index is 0.434. The summed E-state index contributed by atoms with van der Waals surface area (Å²) in [5.74, 6) is 0.582. The van der Waals surface area contributed by atoms with Crippen molar-refractivity contribution in [3.05, 3.63) is 0 Å². The van der Waals surface area contributed by atoms with Crippen LogP contribution in [0, 0.1) is 22.7 Å². The van der Waals surface area contributed by atoms with E-state index in [4.69, 9.17) is 0 Å². The van der Waals surface area contributed by atoms with E-state index in [-0.39, 0.29) is 0 Å². The maximum atomic E-state index is 11.1. The highest BCUT2D eigenvalue weighted by molar-refractivity contribution is 5.19. The third-order valence-electron chi connectivity index (χ3n) is 5.52. The lowest BCUT2D eigenvalue weighted by atomic mass is 9.70. The summed E-state index contributed by atoms with van der Waals surface area (Å²) < 4.78 is 0. The van der Waals surface area contributed by atoms with Crippen molar-refractivity contribution in [2.24, 2.45) is 11.3 Å². The molecule has 100 valence electrons. The molecule has 3 fully saturated rings. The minimum atomic E-state index is -0.769. The molecule has 3 nitrogen and oxygen atoms in total. The minimum Gasteiger partial charge on any atom is -0.387 e. The van der Waals surface area contributed by atoms with Crippen LogP contribution in [0.25, 0.3) is 0 Å². The zero-order valence-electron chi connectivity index (χ0n) is 11.5. The lowest BCUT2D eigenvalue weighted by Crippen LogP contribution is -2.48. The Bertz CT molecular complexity index is 386. The average molecular weight is 248 g/mol. The molecule has 1 N–H and O–H groups in total. The van der Waals surface area contributed by atoms with E-state index < -0.39 is 11.0 Å². The Kier molecular flexibility index (Phi) is 2.73. The van der Waals surface area contributed by atoms with E-state index in [2.05, 4.69) is 24.8 Å². The standard InChI is InChI=1S/C15H24N2O/c1-11-5-6-14(7-11,9-16)15(18)8-12(2)17(10-15)13-3-4-13/h11-13,18H,3-8,10H2,1-2H3. The van der Waals surface area contributed by atoms with Crippen LogP contribution in [0.15, 0.2) is 0 Å². The number of nitriles is 1. The van der Waals surface area contributed by atoms with E-state index in [0.29, 0.717) is 18.0 Å². The summed E-state index contributed by atoms with van der Waals surface area (Å²) in [6.45, 7) is 5.14. The van der Waals surface area contributed by atoms with Crippen molar-refractivity contribution in [3.8, 4) is 6.07 Å². The van der Waals surface area contributed by atoms with Crippen molar-refractivity contribution < 1.29 is 5.11 Å². The summed E-state index contributed by atoms with van der Waals surface area (Å²) >= 11 is 0. The van der Waals surface area contributed by atoms with Crippen molar-refractivity contribution in [1.82, 2.24) is 4.90 Å². The molecule has 0 radical (unpaired) electrons. The van der Waals surface area contributed by atoms with Gasteiger partial charge in [0, 0.05) is 18.6 Å². The van der Waals surface area contributed by atoms with E-state index >= 15 is 0 Å². The molecule has 2 aliphatic carbocycles. The van der Waals surface area contributed by atoms with Crippen molar-refractivity contribution >= 4 is 0 Å². The number of aliphatic hydroxyl groups is 1. The van der Waals surface area contributed by atoms with E-state index in [1.54, 1.807) is 0 Å². The fourth-order valence-corrected chi connectivity index (χ4v) is 4.29. The average Bonchev–Trinajstić information content (AvgIpc) is 3.01. The third-order valence-corrected chi connectivity index (χ3v) is 5.52. The summed E-state index contributed by atoms with van der Waals surface area (Å²) in [5.41, 5.74) is -1.25. The predicted molar refractivity (Wildman–Crippen MR) is 69.8 cm³/mol. The van der Waals surface area contributed by atoms with Crippen LogP contribution in [-0.2, 0) is 0 Å². The molecule has 4 unspecified atom stereocenters. The van der Waals surface area contributed by atoms with Crippen LogP contribution in [-0.4, -0.2) is 34.2 Å². The smallest absolute Gasteiger partial charge is 0.0974 e. The summed E-state index contributed by atoms with van der Waals surface area (Å²) in [6, 6.07) is 3.63. The number of β-amino-alcohol motifs (C(OH)–C–C–N with tert-alkyl or cyclic N) is 1. The number of rotatable bonds is 2. The van der Waals surface area contributed by atoms with Crippen LogP contribution in [0.5, 0.6) is 0 Å². The van der Waals surface area contributed by atoms with Crippen LogP contribution < -0.4 is 0 Å². The molecule has 0 amide bonds. The van der Waals surface area contributed by atoms with Crippen molar-refractivity contribution in [1.29, 1.82) is 5.26 Å². The SMILES string of the molecule is CC1CCC(C#N)(C2(O)CC(C)N(C3CC3)C2)C1. The molecule has 4 atom stereocenters. The Morgan fingerprint density at radius 1 is 1.22 bits per heavy atom. The molecule has 1 aliphatic heterocycles. The molecule has 0 aromatic rings. The first-order valence-electron chi connectivity index (χ1n) is 7.39. The first-order chi connectivity index (χ1) is 8.50. The van der Waals surface area contributed by atoms with Crippen LogP contribution in [0.1, 0.15) is 52.4 Å². The fourth-order valence-electron chi connectivity index (χ4n) is 4.29. The molecule has 0 spiro atoms. The Balaban J connectivity index is 1.84. The summed E-state index contributed by atoms with van der Waals surface area (Å²) in [4.78, 5) is 2.45. The van der Waals surface area contributed by atoms with Gasteiger partial charge in [0.25, 0.3) is 0 Å². The van der Waals surface area contributed by atoms with Crippen molar-refractivity contribution in [2.75, 3.05) is 6.54 Å². The van der Waals surface area contributed by atoms with Crippen molar-refractivity contribution in [3.63, 3.8) is 0 Å². The third kappa shape index (κ3) is 1.70. The normalized spacial score (nSPS) is 49.4. The van der Waals surface area contributed by atoms with Gasteiger partial charge in [-0.15, -0.1) is 0 Å². The molecule has 1 heterocycles. The van der Waals surface area contributed by atoms with Crippen LogP contribution in [0.4, 0.5) is 0 Å². The van der Waals surface area contributed by atoms with Gasteiger partial charge in [-0.05, 0) is 51.4 Å². The van der Waals surface area contributed by atoms with Gasteiger partial charge in [0.05, 0.1) is 17.1 Å². The van der Waals surface area contributed by atoms with Crippen LogP contribution >= 0.6 is 0 Å². The highest BCUT2D eigenvalue weighted by Crippen LogP contribution is 2.54. The Labute approximate surface area is 110 Å². The van der Waals surface area contributed by atoms with Crippen molar-refractivity contribution in [2.45, 2.75) is 70.1 Å². The van der Waals surface area contributed by atoms with Gasteiger partial charge in [-0.3, -0.25) is 4.90 Å². The van der Waals surface area contributed by atoms with Gasteiger partial charge in [0.2, 0.25) is 0 Å². The zero-order valence-corrected chi connectivity index (χ0v) is 11.5. The molecule has 18 heavy (non-hydrogen) atoms. The molecule has 0 aromatic heterocycles.